The zero-order chi connectivity index (χ0) is 20.0. The fraction of sp³-hybridized carbons (Fsp3) is 0.522. The number of hydrogen-bond acceptors (Lipinski definition) is 5. The second-order valence-corrected chi connectivity index (χ2v) is 6.96. The molecule has 1 aromatic heterocycles. The molecule has 152 valence electrons. The minimum absolute atomic E-state index is 0.235. The van der Waals surface area contributed by atoms with E-state index in [0.29, 0.717) is 18.0 Å². The fourth-order valence-corrected chi connectivity index (χ4v) is 2.82. The van der Waals surface area contributed by atoms with E-state index in [1.165, 1.54) is 25.7 Å². The van der Waals surface area contributed by atoms with E-state index in [0.717, 1.165) is 43.6 Å². The van der Waals surface area contributed by atoms with Crippen molar-refractivity contribution in [3.63, 3.8) is 0 Å². The Morgan fingerprint density at radius 3 is 2.14 bits per heavy atom. The molecule has 1 aromatic carbocycles. The van der Waals surface area contributed by atoms with Crippen LogP contribution in [0.15, 0.2) is 36.7 Å². The van der Waals surface area contributed by atoms with Gasteiger partial charge in [-0.1, -0.05) is 52.4 Å². The number of nitrogens with zero attached hydrogens (tertiary/aromatic N) is 2. The van der Waals surface area contributed by atoms with Gasteiger partial charge in [0.25, 0.3) is 0 Å². The highest BCUT2D eigenvalue weighted by Gasteiger charge is 2.07. The summed E-state index contributed by atoms with van der Waals surface area (Å²) in [7, 11) is 0. The van der Waals surface area contributed by atoms with Crippen molar-refractivity contribution in [1.29, 1.82) is 0 Å². The first-order valence-corrected chi connectivity index (χ1v) is 10.5. The van der Waals surface area contributed by atoms with Crippen molar-refractivity contribution in [3.8, 4) is 22.9 Å². The monoisotopic (exact) mass is 384 g/mol. The predicted octanol–water partition coefficient (Wildman–Crippen LogP) is 5.98. The lowest BCUT2D eigenvalue weighted by molar-refractivity contribution is -0.134. The molecule has 2 rings (SSSR count). The maximum absolute atomic E-state index is 11.7. The molecule has 2 aromatic rings. The Bertz CT molecular complexity index is 684. The van der Waals surface area contributed by atoms with Crippen molar-refractivity contribution in [2.45, 2.75) is 71.6 Å². The molecular formula is C23H32N2O3. The zero-order valence-corrected chi connectivity index (χ0v) is 17.2. The lowest BCUT2D eigenvalue weighted by Gasteiger charge is -2.07. The summed E-state index contributed by atoms with van der Waals surface area (Å²) in [5, 5.41) is 0. The van der Waals surface area contributed by atoms with Crippen LogP contribution in [0.4, 0.5) is 0 Å². The molecule has 0 unspecified atom stereocenters. The van der Waals surface area contributed by atoms with Crippen LogP contribution in [0.2, 0.25) is 0 Å². The number of carbonyl (C=O) groups is 1. The van der Waals surface area contributed by atoms with Crippen LogP contribution in [0.25, 0.3) is 11.4 Å². The largest absolute Gasteiger partial charge is 0.494 e. The molecule has 0 amide bonds. The van der Waals surface area contributed by atoms with Gasteiger partial charge >= 0.3 is 5.97 Å². The zero-order valence-electron chi connectivity index (χ0n) is 17.2. The van der Waals surface area contributed by atoms with Gasteiger partial charge in [0.15, 0.2) is 11.6 Å². The smallest absolute Gasteiger partial charge is 0.311 e. The minimum atomic E-state index is -0.235. The van der Waals surface area contributed by atoms with E-state index in [2.05, 4.69) is 23.8 Å². The molecule has 5 nitrogen and oxygen atoms in total. The lowest BCUT2D eigenvalue weighted by atomic mass is 10.2. The van der Waals surface area contributed by atoms with Gasteiger partial charge in [-0.25, -0.2) is 9.97 Å². The second-order valence-electron chi connectivity index (χ2n) is 6.96. The van der Waals surface area contributed by atoms with Crippen LogP contribution < -0.4 is 9.47 Å². The van der Waals surface area contributed by atoms with E-state index < -0.39 is 0 Å². The topological polar surface area (TPSA) is 61.3 Å². The lowest BCUT2D eigenvalue weighted by Crippen LogP contribution is -2.08. The van der Waals surface area contributed by atoms with E-state index in [9.17, 15) is 4.79 Å². The first kappa shape index (κ1) is 21.9. The van der Waals surface area contributed by atoms with Crippen molar-refractivity contribution in [2.75, 3.05) is 6.61 Å². The summed E-state index contributed by atoms with van der Waals surface area (Å²) in [6, 6.07) is 7.76. The summed E-state index contributed by atoms with van der Waals surface area (Å²) in [6.07, 6.45) is 12.6. The molecular weight excluding hydrogens is 352 g/mol. The summed E-state index contributed by atoms with van der Waals surface area (Å²) in [6.45, 7) is 5.07. The van der Waals surface area contributed by atoms with Crippen molar-refractivity contribution < 1.29 is 14.3 Å². The third-order valence-electron chi connectivity index (χ3n) is 4.47. The van der Waals surface area contributed by atoms with E-state index >= 15 is 0 Å². The van der Waals surface area contributed by atoms with Crippen LogP contribution in [-0.2, 0) is 4.79 Å². The standard InChI is InChI=1S/C23H32N2O3/c1-3-5-7-8-10-16-27-20-14-12-19(13-15-20)23-24-17-21(18-25-23)28-22(26)11-9-6-4-2/h12-15,17-18H,3-11,16H2,1-2H3. The van der Waals surface area contributed by atoms with E-state index in [4.69, 9.17) is 9.47 Å². The van der Waals surface area contributed by atoms with Gasteiger partial charge in [0.2, 0.25) is 0 Å². The average molecular weight is 385 g/mol. The third kappa shape index (κ3) is 8.07. The molecule has 0 radical (unpaired) electrons. The van der Waals surface area contributed by atoms with Gasteiger partial charge in [-0.05, 0) is 37.1 Å². The highest BCUT2D eigenvalue weighted by atomic mass is 16.5. The second kappa shape index (κ2) is 12.9. The van der Waals surface area contributed by atoms with E-state index in [1.54, 1.807) is 12.4 Å². The number of carbonyl (C=O) groups excluding carboxylic acids is 1. The number of rotatable bonds is 13. The molecule has 0 saturated heterocycles. The summed E-state index contributed by atoms with van der Waals surface area (Å²) < 4.78 is 11.0. The Hall–Kier alpha value is -2.43. The predicted molar refractivity (Wildman–Crippen MR) is 111 cm³/mol. The van der Waals surface area contributed by atoms with Gasteiger partial charge < -0.3 is 9.47 Å². The molecule has 0 aliphatic carbocycles. The van der Waals surface area contributed by atoms with Gasteiger partial charge in [-0.15, -0.1) is 0 Å². The number of aromatic nitrogens is 2. The van der Waals surface area contributed by atoms with Crippen LogP contribution in [0, 0.1) is 0 Å². The molecule has 0 saturated carbocycles. The van der Waals surface area contributed by atoms with Crippen LogP contribution in [0.3, 0.4) is 0 Å². The molecule has 0 aliphatic rings. The van der Waals surface area contributed by atoms with Crippen molar-refractivity contribution >= 4 is 5.97 Å². The fourth-order valence-electron chi connectivity index (χ4n) is 2.82. The van der Waals surface area contributed by atoms with Gasteiger partial charge in [-0.3, -0.25) is 4.79 Å². The highest BCUT2D eigenvalue weighted by Crippen LogP contribution is 2.21. The molecule has 1 heterocycles. The third-order valence-corrected chi connectivity index (χ3v) is 4.47. The van der Waals surface area contributed by atoms with E-state index in [1.807, 2.05) is 24.3 Å². The van der Waals surface area contributed by atoms with Gasteiger partial charge in [-0.2, -0.15) is 0 Å². The summed E-state index contributed by atoms with van der Waals surface area (Å²) >= 11 is 0. The van der Waals surface area contributed by atoms with Crippen LogP contribution in [-0.4, -0.2) is 22.5 Å². The van der Waals surface area contributed by atoms with Gasteiger partial charge in [0, 0.05) is 12.0 Å². The Kier molecular flexibility index (Phi) is 10.0. The summed E-state index contributed by atoms with van der Waals surface area (Å²) in [5.41, 5.74) is 0.899. The van der Waals surface area contributed by atoms with Crippen molar-refractivity contribution in [2.24, 2.45) is 0 Å². The molecule has 5 heteroatoms. The van der Waals surface area contributed by atoms with Crippen LogP contribution in [0.1, 0.15) is 71.6 Å². The van der Waals surface area contributed by atoms with Crippen molar-refractivity contribution in [1.82, 2.24) is 9.97 Å². The Balaban J connectivity index is 1.79. The SMILES string of the molecule is CCCCCCCOc1ccc(-c2ncc(OC(=O)CCCCC)cn2)cc1. The Morgan fingerprint density at radius 1 is 0.821 bits per heavy atom. The number of hydrogen-bond donors (Lipinski definition) is 0. The number of unbranched alkanes of at least 4 members (excludes halogenated alkanes) is 6. The first-order chi connectivity index (χ1) is 13.7. The Labute approximate surface area is 168 Å². The van der Waals surface area contributed by atoms with Crippen molar-refractivity contribution in [3.05, 3.63) is 36.7 Å². The highest BCUT2D eigenvalue weighted by molar-refractivity contribution is 5.72. The maximum Gasteiger partial charge on any atom is 0.311 e. The molecule has 28 heavy (non-hydrogen) atoms. The molecule has 0 fully saturated rings. The van der Waals surface area contributed by atoms with E-state index in [-0.39, 0.29) is 5.97 Å². The molecule has 0 N–H and O–H groups in total. The summed E-state index contributed by atoms with van der Waals surface area (Å²) in [4.78, 5) is 20.4. The molecule has 0 atom stereocenters. The van der Waals surface area contributed by atoms with Gasteiger partial charge in [0.05, 0.1) is 19.0 Å². The Morgan fingerprint density at radius 2 is 1.46 bits per heavy atom. The summed E-state index contributed by atoms with van der Waals surface area (Å²) in [5.74, 6) is 1.60. The minimum Gasteiger partial charge on any atom is -0.494 e. The number of esters is 1. The average Bonchev–Trinajstić information content (AvgIpc) is 2.72. The first-order valence-electron chi connectivity index (χ1n) is 10.5. The normalized spacial score (nSPS) is 10.6. The number of benzene rings is 1. The van der Waals surface area contributed by atoms with Crippen LogP contribution in [0.5, 0.6) is 11.5 Å². The van der Waals surface area contributed by atoms with Gasteiger partial charge in [0.1, 0.15) is 5.75 Å². The quantitative estimate of drug-likeness (QED) is 0.314. The molecule has 0 spiro atoms. The maximum atomic E-state index is 11.7. The van der Waals surface area contributed by atoms with Crippen LogP contribution >= 0.6 is 0 Å². The molecule has 0 aliphatic heterocycles. The number of ether oxygens (including phenoxy) is 2. The molecule has 0 bridgehead atoms.